The monoisotopic (exact) mass is 199 g/mol. The summed E-state index contributed by atoms with van der Waals surface area (Å²) in [7, 11) is 0. The van der Waals surface area contributed by atoms with Crippen LogP contribution in [-0.4, -0.2) is 32.7 Å². The van der Waals surface area contributed by atoms with Gasteiger partial charge in [0.2, 0.25) is 10.7 Å². The van der Waals surface area contributed by atoms with Gasteiger partial charge in [-0.15, -0.1) is 0 Å². The van der Waals surface area contributed by atoms with E-state index in [2.05, 4.69) is 20.8 Å². The van der Waals surface area contributed by atoms with Crippen molar-refractivity contribution in [3.63, 3.8) is 0 Å². The summed E-state index contributed by atoms with van der Waals surface area (Å²) in [6.45, 7) is 0.594. The maximum atomic E-state index is 10.9. The van der Waals surface area contributed by atoms with E-state index in [1.165, 1.54) is 0 Å². The average Bonchev–Trinajstić information content (AvgIpc) is 2.53. The van der Waals surface area contributed by atoms with Crippen LogP contribution in [-0.2, 0) is 4.79 Å². The molecule has 13 heavy (non-hydrogen) atoms. The van der Waals surface area contributed by atoms with Gasteiger partial charge in [-0.1, -0.05) is 10.3 Å². The van der Waals surface area contributed by atoms with Crippen LogP contribution in [0.5, 0.6) is 0 Å². The number of carbonyl (C=O) groups excluding carboxylic acids is 1. The summed E-state index contributed by atoms with van der Waals surface area (Å²) >= 11 is 4.94. The number of nitrogens with zero attached hydrogens (tertiary/aromatic N) is 3. The van der Waals surface area contributed by atoms with E-state index in [0.29, 0.717) is 17.7 Å². The van der Waals surface area contributed by atoms with Gasteiger partial charge in [0, 0.05) is 13.0 Å². The van der Waals surface area contributed by atoms with Gasteiger partial charge < -0.3 is 5.32 Å². The number of aromatic amines is 1. The Morgan fingerprint density at radius 3 is 3.00 bits per heavy atom. The number of amides is 1. The molecule has 1 aliphatic heterocycles. The number of carbonyl (C=O) groups is 1. The van der Waals surface area contributed by atoms with Crippen LogP contribution >= 0.6 is 12.2 Å². The maximum Gasteiger partial charge on any atom is 0.238 e. The first-order chi connectivity index (χ1) is 6.27. The molecule has 1 amide bonds. The lowest BCUT2D eigenvalue weighted by atomic mass is 10.1. The molecule has 1 atom stereocenters. The lowest BCUT2D eigenvalue weighted by Gasteiger charge is -2.22. The predicted octanol–water partition coefficient (Wildman–Crippen LogP) is -0.213. The number of piperidine rings is 1. The Morgan fingerprint density at radius 1 is 1.62 bits per heavy atom. The second-order valence-electron chi connectivity index (χ2n) is 2.95. The van der Waals surface area contributed by atoms with Gasteiger partial charge in [-0.25, -0.2) is 4.68 Å². The standard InChI is InChI=1S/C6H9N5OS/c12-5-2-1-4(3-7-5)11-6(13)8-9-10-11/h4H,1-3H2,(H,7,12)(H,8,10,13). The van der Waals surface area contributed by atoms with Crippen LogP contribution in [0.15, 0.2) is 0 Å². The highest BCUT2D eigenvalue weighted by Crippen LogP contribution is 2.14. The zero-order chi connectivity index (χ0) is 9.26. The second kappa shape index (κ2) is 3.25. The quantitative estimate of drug-likeness (QED) is 0.613. The topological polar surface area (TPSA) is 75.6 Å². The van der Waals surface area contributed by atoms with E-state index in [-0.39, 0.29) is 11.9 Å². The molecule has 2 N–H and O–H groups in total. The van der Waals surface area contributed by atoms with E-state index in [4.69, 9.17) is 12.2 Å². The molecule has 1 fully saturated rings. The molecule has 0 saturated carbocycles. The molecule has 6 nitrogen and oxygen atoms in total. The van der Waals surface area contributed by atoms with E-state index in [9.17, 15) is 4.79 Å². The fourth-order valence-electron chi connectivity index (χ4n) is 1.38. The molecule has 7 heteroatoms. The van der Waals surface area contributed by atoms with Crippen molar-refractivity contribution in [2.24, 2.45) is 0 Å². The Morgan fingerprint density at radius 2 is 2.46 bits per heavy atom. The summed E-state index contributed by atoms with van der Waals surface area (Å²) in [5.41, 5.74) is 0. The molecule has 0 aliphatic carbocycles. The van der Waals surface area contributed by atoms with Crippen LogP contribution in [0.25, 0.3) is 0 Å². The van der Waals surface area contributed by atoms with E-state index < -0.39 is 0 Å². The number of hydrogen-bond donors (Lipinski definition) is 2. The first-order valence-electron chi connectivity index (χ1n) is 4.03. The fourth-order valence-corrected chi connectivity index (χ4v) is 1.61. The maximum absolute atomic E-state index is 10.9. The Hall–Kier alpha value is -1.24. The summed E-state index contributed by atoms with van der Waals surface area (Å²) in [5, 5.41) is 12.7. The average molecular weight is 199 g/mol. The van der Waals surface area contributed by atoms with E-state index >= 15 is 0 Å². The smallest absolute Gasteiger partial charge is 0.238 e. The molecule has 1 aromatic heterocycles. The number of H-pyrrole nitrogens is 1. The molecule has 0 spiro atoms. The highest BCUT2D eigenvalue weighted by molar-refractivity contribution is 7.71. The molecule has 1 aliphatic rings. The minimum absolute atomic E-state index is 0.0928. The first-order valence-corrected chi connectivity index (χ1v) is 4.44. The van der Waals surface area contributed by atoms with Crippen molar-refractivity contribution in [1.29, 1.82) is 0 Å². The molecule has 2 heterocycles. The molecule has 1 aromatic rings. The number of tetrazole rings is 1. The number of hydrogen-bond acceptors (Lipinski definition) is 4. The van der Waals surface area contributed by atoms with Gasteiger partial charge in [0.1, 0.15) is 0 Å². The minimum Gasteiger partial charge on any atom is -0.354 e. The third-order valence-corrected chi connectivity index (χ3v) is 2.38. The van der Waals surface area contributed by atoms with Gasteiger partial charge in [0.05, 0.1) is 6.04 Å². The van der Waals surface area contributed by atoms with Gasteiger partial charge in [-0.05, 0) is 18.6 Å². The predicted molar refractivity (Wildman–Crippen MR) is 46.5 cm³/mol. The normalized spacial score (nSPS) is 22.8. The molecule has 0 aromatic carbocycles. The zero-order valence-electron chi connectivity index (χ0n) is 6.86. The van der Waals surface area contributed by atoms with Gasteiger partial charge in [0.25, 0.3) is 0 Å². The highest BCUT2D eigenvalue weighted by Gasteiger charge is 2.20. The molecule has 0 bridgehead atoms. The highest BCUT2D eigenvalue weighted by atomic mass is 32.1. The summed E-state index contributed by atoms with van der Waals surface area (Å²) in [5.74, 6) is 0.0928. The van der Waals surface area contributed by atoms with Crippen LogP contribution < -0.4 is 5.32 Å². The summed E-state index contributed by atoms with van der Waals surface area (Å²) < 4.78 is 2.13. The fraction of sp³-hybridized carbons (Fsp3) is 0.667. The van der Waals surface area contributed by atoms with Crippen molar-refractivity contribution in [3.05, 3.63) is 4.77 Å². The lowest BCUT2D eigenvalue weighted by Crippen LogP contribution is -2.36. The van der Waals surface area contributed by atoms with Crippen molar-refractivity contribution in [2.45, 2.75) is 18.9 Å². The summed E-state index contributed by atoms with van der Waals surface area (Å²) in [6, 6.07) is 0.167. The molecule has 2 rings (SSSR count). The number of rotatable bonds is 1. The molecular weight excluding hydrogens is 190 g/mol. The van der Waals surface area contributed by atoms with Crippen LogP contribution in [0.1, 0.15) is 18.9 Å². The van der Waals surface area contributed by atoms with Crippen LogP contribution in [0, 0.1) is 4.77 Å². The van der Waals surface area contributed by atoms with Crippen molar-refractivity contribution >= 4 is 18.1 Å². The SMILES string of the molecule is O=C1CCC(n2[nH]nnc2=S)CN1. The first kappa shape index (κ1) is 8.36. The third-order valence-electron chi connectivity index (χ3n) is 2.10. The molecule has 0 radical (unpaired) electrons. The van der Waals surface area contributed by atoms with Gasteiger partial charge in [0.15, 0.2) is 0 Å². The number of nitrogens with one attached hydrogen (secondary N) is 2. The Labute approximate surface area is 79.3 Å². The Kier molecular flexibility index (Phi) is 2.09. The van der Waals surface area contributed by atoms with Crippen molar-refractivity contribution in [3.8, 4) is 0 Å². The van der Waals surface area contributed by atoms with E-state index in [1.807, 2.05) is 0 Å². The van der Waals surface area contributed by atoms with Crippen molar-refractivity contribution in [1.82, 2.24) is 25.5 Å². The minimum atomic E-state index is 0.0928. The third kappa shape index (κ3) is 1.59. The van der Waals surface area contributed by atoms with Crippen molar-refractivity contribution in [2.75, 3.05) is 6.54 Å². The van der Waals surface area contributed by atoms with Gasteiger partial charge >= 0.3 is 0 Å². The molecular formula is C6H9N5OS. The van der Waals surface area contributed by atoms with Crippen LogP contribution in [0.4, 0.5) is 0 Å². The lowest BCUT2D eigenvalue weighted by molar-refractivity contribution is -0.122. The van der Waals surface area contributed by atoms with Gasteiger partial charge in [-0.2, -0.15) is 5.21 Å². The summed E-state index contributed by atoms with van der Waals surface area (Å²) in [6.07, 6.45) is 1.31. The molecule has 1 unspecified atom stereocenters. The molecule has 70 valence electrons. The number of aromatic nitrogens is 4. The molecule has 1 saturated heterocycles. The van der Waals surface area contributed by atoms with Crippen LogP contribution in [0.3, 0.4) is 0 Å². The zero-order valence-corrected chi connectivity index (χ0v) is 7.67. The largest absolute Gasteiger partial charge is 0.354 e. The Balaban J connectivity index is 2.15. The van der Waals surface area contributed by atoms with Crippen molar-refractivity contribution < 1.29 is 4.79 Å². The second-order valence-corrected chi connectivity index (χ2v) is 3.31. The Bertz CT molecular complexity index is 359. The summed E-state index contributed by atoms with van der Waals surface area (Å²) in [4.78, 5) is 10.9. The van der Waals surface area contributed by atoms with E-state index in [0.717, 1.165) is 6.42 Å². The van der Waals surface area contributed by atoms with Crippen LogP contribution in [0.2, 0.25) is 0 Å². The van der Waals surface area contributed by atoms with E-state index in [1.54, 1.807) is 4.68 Å². The van der Waals surface area contributed by atoms with Gasteiger partial charge in [-0.3, -0.25) is 4.79 Å².